The molecular weight excluding hydrogens is 341 g/mol. The van der Waals surface area contributed by atoms with E-state index in [0.29, 0.717) is 18.6 Å². The van der Waals surface area contributed by atoms with Crippen molar-refractivity contribution in [2.45, 2.75) is 51.3 Å². The highest BCUT2D eigenvalue weighted by Gasteiger charge is 2.40. The van der Waals surface area contributed by atoms with E-state index < -0.39 is 0 Å². The summed E-state index contributed by atoms with van der Waals surface area (Å²) in [6.07, 6.45) is 5.24. The van der Waals surface area contributed by atoms with Crippen molar-refractivity contribution < 1.29 is 13.9 Å². The van der Waals surface area contributed by atoms with Crippen molar-refractivity contribution in [2.75, 3.05) is 0 Å². The zero-order valence-corrected chi connectivity index (χ0v) is 15.5. The molecule has 2 aliphatic rings. The number of hydrogen-bond acceptors (Lipinski definition) is 2. The second kappa shape index (κ2) is 7.55. The van der Waals surface area contributed by atoms with E-state index in [2.05, 4.69) is 6.08 Å². The summed E-state index contributed by atoms with van der Waals surface area (Å²) >= 11 is 0. The summed E-state index contributed by atoms with van der Waals surface area (Å²) in [7, 11) is 0. The first-order valence-corrected chi connectivity index (χ1v) is 9.54. The van der Waals surface area contributed by atoms with Crippen molar-refractivity contribution in [1.29, 1.82) is 0 Å². The lowest BCUT2D eigenvalue weighted by molar-refractivity contribution is 0.0815. The molecule has 2 unspecified atom stereocenters. The summed E-state index contributed by atoms with van der Waals surface area (Å²) < 4.78 is 19.9. The van der Waals surface area contributed by atoms with Crippen molar-refractivity contribution in [3.8, 4) is 0 Å². The smallest absolute Gasteiger partial charge is 0.410 e. The first kappa shape index (κ1) is 17.8. The van der Waals surface area contributed by atoms with Crippen molar-refractivity contribution in [2.24, 2.45) is 0 Å². The molecule has 0 saturated carbocycles. The van der Waals surface area contributed by atoms with Crippen LogP contribution in [0.25, 0.3) is 0 Å². The Balaban J connectivity index is 1.43. The van der Waals surface area contributed by atoms with Gasteiger partial charge in [0.2, 0.25) is 0 Å². The largest absolute Gasteiger partial charge is 0.445 e. The van der Waals surface area contributed by atoms with Gasteiger partial charge >= 0.3 is 6.09 Å². The average Bonchev–Trinajstić information content (AvgIpc) is 2.95. The molecule has 2 atom stereocenters. The van der Waals surface area contributed by atoms with Crippen LogP contribution in [-0.4, -0.2) is 23.1 Å². The minimum Gasteiger partial charge on any atom is -0.445 e. The van der Waals surface area contributed by atoms with Gasteiger partial charge in [0, 0.05) is 6.04 Å². The van der Waals surface area contributed by atoms with Crippen LogP contribution in [0.15, 0.2) is 60.2 Å². The predicted octanol–water partition coefficient (Wildman–Crippen LogP) is 5.18. The number of aryl methyl sites for hydroxylation is 1. The van der Waals surface area contributed by atoms with Crippen LogP contribution < -0.4 is 0 Å². The third-order valence-electron chi connectivity index (χ3n) is 5.58. The van der Waals surface area contributed by atoms with E-state index in [9.17, 15) is 9.18 Å². The van der Waals surface area contributed by atoms with Gasteiger partial charge in [-0.25, -0.2) is 9.18 Å². The summed E-state index contributed by atoms with van der Waals surface area (Å²) in [5.41, 5.74) is 3.62. The molecule has 0 aromatic heterocycles. The molecule has 0 radical (unpaired) electrons. The highest BCUT2D eigenvalue weighted by molar-refractivity contribution is 5.70. The highest BCUT2D eigenvalue weighted by Crippen LogP contribution is 2.36. The van der Waals surface area contributed by atoms with Crippen LogP contribution in [-0.2, 0) is 17.8 Å². The standard InChI is InChI=1S/C23H24FNO2/c1-16-6-5-9-19(22(16)24)12-18-13-20-10-11-21(14-18)25(20)23(26)27-15-17-7-3-2-4-8-17/h2-9,13,20-21H,10-12,14-15H2,1H3. The number of ether oxygens (including phenoxy) is 1. The maximum absolute atomic E-state index is 14.3. The van der Waals surface area contributed by atoms with Gasteiger partial charge in [0.1, 0.15) is 12.4 Å². The summed E-state index contributed by atoms with van der Waals surface area (Å²) in [4.78, 5) is 14.5. The molecule has 2 bridgehead atoms. The molecule has 2 aromatic rings. The lowest BCUT2D eigenvalue weighted by atomic mass is 9.94. The van der Waals surface area contributed by atoms with E-state index in [1.807, 2.05) is 47.4 Å². The molecule has 3 nitrogen and oxygen atoms in total. The third-order valence-corrected chi connectivity index (χ3v) is 5.58. The number of carbonyl (C=O) groups is 1. The Morgan fingerprint density at radius 3 is 2.74 bits per heavy atom. The number of rotatable bonds is 4. The minimum atomic E-state index is -0.247. The van der Waals surface area contributed by atoms with Crippen LogP contribution in [0.5, 0.6) is 0 Å². The summed E-state index contributed by atoms with van der Waals surface area (Å²) in [5.74, 6) is -0.115. The predicted molar refractivity (Wildman–Crippen MR) is 103 cm³/mol. The fourth-order valence-electron chi connectivity index (χ4n) is 4.22. The van der Waals surface area contributed by atoms with Crippen molar-refractivity contribution >= 4 is 6.09 Å². The van der Waals surface area contributed by atoms with E-state index >= 15 is 0 Å². The number of fused-ring (bicyclic) bond motifs is 2. The molecule has 1 amide bonds. The van der Waals surface area contributed by atoms with Crippen LogP contribution in [0.1, 0.15) is 36.0 Å². The van der Waals surface area contributed by atoms with Gasteiger partial charge < -0.3 is 4.74 Å². The Morgan fingerprint density at radius 1 is 1.15 bits per heavy atom. The number of halogens is 1. The maximum Gasteiger partial charge on any atom is 0.410 e. The SMILES string of the molecule is Cc1cccc(CC2=CC3CCC(C2)N3C(=O)OCc2ccccc2)c1F. The van der Waals surface area contributed by atoms with Gasteiger partial charge in [-0.1, -0.05) is 60.2 Å². The van der Waals surface area contributed by atoms with Gasteiger partial charge in [-0.05, 0) is 49.3 Å². The number of nitrogens with zero attached hydrogens (tertiary/aromatic N) is 1. The summed E-state index contributed by atoms with van der Waals surface area (Å²) in [6, 6.07) is 15.5. The number of amides is 1. The van der Waals surface area contributed by atoms with E-state index in [-0.39, 0.29) is 24.0 Å². The topological polar surface area (TPSA) is 29.5 Å². The molecular formula is C23H24FNO2. The molecule has 2 aliphatic heterocycles. The first-order valence-electron chi connectivity index (χ1n) is 9.54. The first-order chi connectivity index (χ1) is 13.1. The molecule has 2 aromatic carbocycles. The van der Waals surface area contributed by atoms with Crippen molar-refractivity contribution in [1.82, 2.24) is 4.90 Å². The van der Waals surface area contributed by atoms with Crippen LogP contribution in [0.3, 0.4) is 0 Å². The zero-order chi connectivity index (χ0) is 18.8. The van der Waals surface area contributed by atoms with Crippen LogP contribution in [0.2, 0.25) is 0 Å². The quantitative estimate of drug-likeness (QED) is 0.699. The molecule has 0 aliphatic carbocycles. The number of carbonyl (C=O) groups excluding carboxylic acids is 1. The highest BCUT2D eigenvalue weighted by atomic mass is 19.1. The lowest BCUT2D eigenvalue weighted by Gasteiger charge is -2.33. The van der Waals surface area contributed by atoms with Gasteiger partial charge in [-0.2, -0.15) is 0 Å². The second-order valence-corrected chi connectivity index (χ2v) is 7.50. The van der Waals surface area contributed by atoms with Gasteiger partial charge in [0.25, 0.3) is 0 Å². The molecule has 27 heavy (non-hydrogen) atoms. The monoisotopic (exact) mass is 365 g/mol. The summed E-state index contributed by atoms with van der Waals surface area (Å²) in [6.45, 7) is 2.09. The van der Waals surface area contributed by atoms with Crippen molar-refractivity contribution in [3.05, 3.63) is 82.7 Å². The molecule has 4 heteroatoms. The molecule has 4 rings (SSSR count). The van der Waals surface area contributed by atoms with Gasteiger partial charge in [0.15, 0.2) is 0 Å². The molecule has 0 spiro atoms. The Bertz CT molecular complexity index is 862. The average molecular weight is 365 g/mol. The Labute approximate surface area is 159 Å². The van der Waals surface area contributed by atoms with Crippen LogP contribution in [0, 0.1) is 12.7 Å². The molecule has 0 N–H and O–H groups in total. The molecule has 2 heterocycles. The fraction of sp³-hybridized carbons (Fsp3) is 0.348. The van der Waals surface area contributed by atoms with Crippen LogP contribution in [0.4, 0.5) is 9.18 Å². The van der Waals surface area contributed by atoms with E-state index in [4.69, 9.17) is 4.74 Å². The molecule has 1 saturated heterocycles. The Hall–Kier alpha value is -2.62. The van der Waals surface area contributed by atoms with E-state index in [1.165, 1.54) is 5.57 Å². The van der Waals surface area contributed by atoms with Crippen molar-refractivity contribution in [3.63, 3.8) is 0 Å². The summed E-state index contributed by atoms with van der Waals surface area (Å²) in [5, 5.41) is 0. The fourth-order valence-corrected chi connectivity index (χ4v) is 4.22. The minimum absolute atomic E-state index is 0.0647. The normalized spacial score (nSPS) is 21.1. The van der Waals surface area contributed by atoms with Gasteiger partial charge in [-0.15, -0.1) is 0 Å². The molecule has 1 fully saturated rings. The molecule has 140 valence electrons. The Morgan fingerprint density at radius 2 is 1.96 bits per heavy atom. The maximum atomic E-state index is 14.3. The van der Waals surface area contributed by atoms with E-state index in [1.54, 1.807) is 13.0 Å². The van der Waals surface area contributed by atoms with Gasteiger partial charge in [-0.3, -0.25) is 4.90 Å². The Kier molecular flexibility index (Phi) is 4.97. The number of benzene rings is 2. The van der Waals surface area contributed by atoms with Gasteiger partial charge in [0.05, 0.1) is 6.04 Å². The lowest BCUT2D eigenvalue weighted by Crippen LogP contribution is -2.43. The zero-order valence-electron chi connectivity index (χ0n) is 15.5. The third kappa shape index (κ3) is 3.75. The van der Waals surface area contributed by atoms with E-state index in [0.717, 1.165) is 30.4 Å². The number of hydrogen-bond donors (Lipinski definition) is 0. The van der Waals surface area contributed by atoms with Crippen LogP contribution >= 0.6 is 0 Å². The second-order valence-electron chi connectivity index (χ2n) is 7.50.